The maximum absolute atomic E-state index is 7.83. The fourth-order valence-electron chi connectivity index (χ4n) is 15.4. The van der Waals surface area contributed by atoms with Gasteiger partial charge < -0.3 is 0 Å². The molecule has 0 aromatic rings. The third-order valence-corrected chi connectivity index (χ3v) is 19.9. The molecule has 0 aromatic heterocycles. The Balaban J connectivity index is 1.09. The molecule has 10 heteroatoms. The minimum Gasteiger partial charge on any atom is -0.286 e. The van der Waals surface area contributed by atoms with Gasteiger partial charge in [-0.1, -0.05) is 83.1 Å². The lowest BCUT2D eigenvalue weighted by atomic mass is 9.64. The highest BCUT2D eigenvalue weighted by Gasteiger charge is 2.60. The van der Waals surface area contributed by atoms with E-state index in [1.807, 2.05) is 0 Å². The lowest BCUT2D eigenvalue weighted by molar-refractivity contribution is 0.0714. The van der Waals surface area contributed by atoms with Crippen LogP contribution in [0.25, 0.3) is 0 Å². The summed E-state index contributed by atoms with van der Waals surface area (Å²) in [5, 5.41) is 34.8. The summed E-state index contributed by atoms with van der Waals surface area (Å²) in [6.07, 6.45) is 14.5. The van der Waals surface area contributed by atoms with Gasteiger partial charge in [0.05, 0.1) is 49.3 Å². The second kappa shape index (κ2) is 15.5. The molecule has 22 unspecified atom stereocenters. The van der Waals surface area contributed by atoms with Crippen molar-refractivity contribution < 1.29 is 0 Å². The summed E-state index contributed by atoms with van der Waals surface area (Å²) in [5.41, 5.74) is 0.990. The van der Waals surface area contributed by atoms with E-state index in [0.717, 1.165) is 24.2 Å². The molecule has 332 valence electrons. The SMILES string of the molecule is CC(C)(C)C1CCC2C3NC(NC4NC(NC5NC(NC6NC(N3)C3CC(C(C)(C)C)CCC63)C3C(Cl)C(C(C)(C)C)C(Cl)CC53)C3CC(C(C)(C)C)CCC43)C2C1. The van der Waals surface area contributed by atoms with Crippen LogP contribution >= 0.6 is 23.2 Å². The van der Waals surface area contributed by atoms with E-state index in [1.54, 1.807) is 0 Å². The topological polar surface area (TPSA) is 96.2 Å². The Morgan fingerprint density at radius 3 is 0.931 bits per heavy atom. The summed E-state index contributed by atoms with van der Waals surface area (Å²) in [5.74, 6) is 6.65. The number of hydrogen-bond acceptors (Lipinski definition) is 8. The molecular weight excluding hydrogens is 759 g/mol. The fourth-order valence-corrected chi connectivity index (χ4v) is 17.1. The molecule has 0 radical (unpaired) electrons. The van der Waals surface area contributed by atoms with Gasteiger partial charge in [-0.15, -0.1) is 23.2 Å². The predicted octanol–water partition coefficient (Wildman–Crippen LogP) is 8.13. The van der Waals surface area contributed by atoms with E-state index in [-0.39, 0.29) is 71.2 Å². The van der Waals surface area contributed by atoms with Crippen molar-refractivity contribution in [2.45, 2.75) is 207 Å². The molecule has 9 fully saturated rings. The molecule has 8 N–H and O–H groups in total. The number of hydrogen-bond donors (Lipinski definition) is 8. The predicted molar refractivity (Wildman–Crippen MR) is 241 cm³/mol. The van der Waals surface area contributed by atoms with Crippen molar-refractivity contribution in [3.8, 4) is 0 Å². The molecular formula is C48H86Cl2N8. The van der Waals surface area contributed by atoms with E-state index in [4.69, 9.17) is 23.2 Å². The third-order valence-electron chi connectivity index (χ3n) is 18.9. The van der Waals surface area contributed by atoms with E-state index >= 15 is 0 Å². The van der Waals surface area contributed by atoms with Gasteiger partial charge in [0.25, 0.3) is 0 Å². The van der Waals surface area contributed by atoms with Gasteiger partial charge in [0.2, 0.25) is 0 Å². The second-order valence-electron chi connectivity index (χ2n) is 26.1. The third kappa shape index (κ3) is 7.92. The number of fused-ring (bicyclic) bond motifs is 20. The summed E-state index contributed by atoms with van der Waals surface area (Å²) < 4.78 is 0. The molecule has 9 aliphatic rings. The first-order valence-corrected chi connectivity index (χ1v) is 25.3. The zero-order valence-electron chi connectivity index (χ0n) is 38.5. The van der Waals surface area contributed by atoms with Crippen LogP contribution < -0.4 is 42.5 Å². The Kier molecular flexibility index (Phi) is 11.6. The number of nitrogens with one attached hydrogen (secondary N) is 8. The Hall–Kier alpha value is 0.260. The van der Waals surface area contributed by atoms with Crippen LogP contribution in [-0.2, 0) is 0 Å². The molecule has 8 nitrogen and oxygen atoms in total. The van der Waals surface area contributed by atoms with Gasteiger partial charge in [0, 0.05) is 16.7 Å². The van der Waals surface area contributed by atoms with E-state index in [2.05, 4.69) is 126 Å². The highest BCUT2D eigenvalue weighted by Crippen LogP contribution is 2.54. The van der Waals surface area contributed by atoms with Crippen molar-refractivity contribution in [1.29, 1.82) is 0 Å². The second-order valence-corrected chi connectivity index (χ2v) is 27.2. The van der Waals surface area contributed by atoms with Crippen molar-refractivity contribution in [1.82, 2.24) is 42.5 Å². The van der Waals surface area contributed by atoms with Crippen LogP contribution in [-0.4, -0.2) is 60.1 Å². The number of halogens is 2. The summed E-state index contributed by atoms with van der Waals surface area (Å²) in [6.45, 7) is 29.4. The van der Waals surface area contributed by atoms with Crippen LogP contribution in [0.1, 0.15) is 147 Å². The Morgan fingerprint density at radius 1 is 0.328 bits per heavy atom. The molecule has 0 aromatic carbocycles. The van der Waals surface area contributed by atoms with Crippen LogP contribution in [0.2, 0.25) is 0 Å². The molecule has 0 amide bonds. The maximum Gasteiger partial charge on any atom is 0.0643 e. The first-order valence-electron chi connectivity index (χ1n) is 24.4. The average Bonchev–Trinajstić information content (AvgIpc) is 3.84. The molecule has 9 rings (SSSR count). The first kappa shape index (κ1) is 43.5. The van der Waals surface area contributed by atoms with Gasteiger partial charge in [-0.3, -0.25) is 42.5 Å². The molecule has 5 saturated heterocycles. The van der Waals surface area contributed by atoms with Crippen molar-refractivity contribution in [3.63, 3.8) is 0 Å². The Morgan fingerprint density at radius 2 is 0.621 bits per heavy atom. The Bertz CT molecular complexity index is 1470. The van der Waals surface area contributed by atoms with E-state index in [9.17, 15) is 0 Å². The smallest absolute Gasteiger partial charge is 0.0643 e. The summed E-state index contributed by atoms with van der Waals surface area (Å²) in [6, 6.07) is 0. The number of rotatable bonds is 0. The minimum absolute atomic E-state index is 0.0124. The molecule has 5 heterocycles. The van der Waals surface area contributed by atoms with Crippen molar-refractivity contribution in [2.24, 2.45) is 92.7 Å². The number of alkyl halides is 2. The van der Waals surface area contributed by atoms with Gasteiger partial charge in [0.15, 0.2) is 0 Å². The van der Waals surface area contributed by atoms with Crippen LogP contribution in [0.15, 0.2) is 0 Å². The van der Waals surface area contributed by atoms with Crippen molar-refractivity contribution >= 4 is 23.2 Å². The van der Waals surface area contributed by atoms with Crippen LogP contribution in [0, 0.1) is 92.7 Å². The van der Waals surface area contributed by atoms with Crippen molar-refractivity contribution in [3.05, 3.63) is 0 Å². The molecule has 0 spiro atoms. The monoisotopic (exact) mass is 845 g/mol. The molecule has 22 atom stereocenters. The molecule has 4 saturated carbocycles. The van der Waals surface area contributed by atoms with Gasteiger partial charge >= 0.3 is 0 Å². The minimum atomic E-state index is -0.0124. The van der Waals surface area contributed by atoms with E-state index in [0.29, 0.717) is 63.8 Å². The van der Waals surface area contributed by atoms with E-state index in [1.165, 1.54) is 57.8 Å². The largest absolute Gasteiger partial charge is 0.286 e. The standard InChI is InChI=1S/C48H86Cl2N8/c1-45(2,3)23-13-16-26-29(19-23)40-51-37(26)53-41-31-21-25(47(7,8)9)15-18-28(31)39(55-41)57-44-34-32(22-33(49)35(36(34)50)48(10,11)12)43(58-44)56-42-30-20-24(46(4,5)6)14-17-27(30)38(52-40)54-42/h23-44,51-58H,13-22H2,1-12H3. The fraction of sp³-hybridized carbons (Fsp3) is 1.00. The van der Waals surface area contributed by atoms with Crippen LogP contribution in [0.4, 0.5) is 0 Å². The maximum atomic E-state index is 7.83. The molecule has 58 heavy (non-hydrogen) atoms. The quantitative estimate of drug-likeness (QED) is 0.116. The van der Waals surface area contributed by atoms with E-state index < -0.39 is 0 Å². The first-order chi connectivity index (χ1) is 27.1. The Labute approximate surface area is 364 Å². The average molecular weight is 846 g/mol. The van der Waals surface area contributed by atoms with Gasteiger partial charge in [-0.25, -0.2) is 0 Å². The normalized spacial score (nSPS) is 52.4. The van der Waals surface area contributed by atoms with Crippen molar-refractivity contribution in [2.75, 3.05) is 0 Å². The molecule has 5 aliphatic heterocycles. The van der Waals surface area contributed by atoms with Gasteiger partial charge in [0.1, 0.15) is 0 Å². The highest BCUT2D eigenvalue weighted by molar-refractivity contribution is 6.24. The highest BCUT2D eigenvalue weighted by atomic mass is 35.5. The summed E-state index contributed by atoms with van der Waals surface area (Å²) in [7, 11) is 0. The molecule has 8 bridgehead atoms. The van der Waals surface area contributed by atoms with Crippen LogP contribution in [0.3, 0.4) is 0 Å². The van der Waals surface area contributed by atoms with Crippen LogP contribution in [0.5, 0.6) is 0 Å². The zero-order chi connectivity index (χ0) is 41.4. The van der Waals surface area contributed by atoms with Gasteiger partial charge in [-0.05, 0) is 151 Å². The van der Waals surface area contributed by atoms with Gasteiger partial charge in [-0.2, -0.15) is 0 Å². The summed E-state index contributed by atoms with van der Waals surface area (Å²) >= 11 is 15.3. The molecule has 4 aliphatic carbocycles. The lowest BCUT2D eigenvalue weighted by Crippen LogP contribution is -2.62. The lowest BCUT2D eigenvalue weighted by Gasteiger charge is -2.48. The zero-order valence-corrected chi connectivity index (χ0v) is 40.0. The summed E-state index contributed by atoms with van der Waals surface area (Å²) in [4.78, 5) is 0.